The first-order valence-electron chi connectivity index (χ1n) is 7.43. The van der Waals surface area contributed by atoms with E-state index in [1.807, 2.05) is 12.1 Å². The molecule has 4 nitrogen and oxygen atoms in total. The Kier molecular flexibility index (Phi) is 4.28. The SMILES string of the molecule is CS(=O)(=O)N1CCC[C@@H]1CN[C@@H]1CCc2cc(Cl)ccc21. The van der Waals surface area contributed by atoms with Crippen LogP contribution in [0, 0.1) is 0 Å². The summed E-state index contributed by atoms with van der Waals surface area (Å²) < 4.78 is 25.2. The molecule has 0 bridgehead atoms. The van der Waals surface area contributed by atoms with Crippen molar-refractivity contribution >= 4 is 21.6 Å². The molecule has 0 amide bonds. The van der Waals surface area contributed by atoms with Crippen LogP contribution >= 0.6 is 11.6 Å². The topological polar surface area (TPSA) is 49.4 Å². The number of benzene rings is 1. The number of sulfonamides is 1. The number of halogens is 1. The van der Waals surface area contributed by atoms with Gasteiger partial charge in [-0.3, -0.25) is 0 Å². The van der Waals surface area contributed by atoms with Crippen molar-refractivity contribution in [3.05, 3.63) is 34.3 Å². The number of hydrogen-bond acceptors (Lipinski definition) is 3. The summed E-state index contributed by atoms with van der Waals surface area (Å²) in [4.78, 5) is 0. The fraction of sp³-hybridized carbons (Fsp3) is 0.600. The molecule has 2 aliphatic rings. The molecule has 2 atom stereocenters. The van der Waals surface area contributed by atoms with E-state index in [-0.39, 0.29) is 6.04 Å². The number of aryl methyl sites for hydroxylation is 1. The third kappa shape index (κ3) is 3.26. The third-order valence-corrected chi connectivity index (χ3v) is 6.10. The monoisotopic (exact) mass is 328 g/mol. The first-order valence-corrected chi connectivity index (χ1v) is 9.66. The van der Waals surface area contributed by atoms with Gasteiger partial charge in [-0.15, -0.1) is 0 Å². The third-order valence-electron chi connectivity index (χ3n) is 4.53. The average molecular weight is 329 g/mol. The Labute approximate surface area is 131 Å². The van der Waals surface area contributed by atoms with E-state index in [2.05, 4.69) is 11.4 Å². The maximum absolute atomic E-state index is 11.8. The van der Waals surface area contributed by atoms with Gasteiger partial charge < -0.3 is 5.32 Å². The van der Waals surface area contributed by atoms with Crippen molar-refractivity contribution in [3.63, 3.8) is 0 Å². The van der Waals surface area contributed by atoms with E-state index in [0.717, 1.165) is 37.3 Å². The molecule has 1 aliphatic heterocycles. The summed E-state index contributed by atoms with van der Waals surface area (Å²) in [5.41, 5.74) is 2.62. The van der Waals surface area contributed by atoms with Crippen molar-refractivity contribution < 1.29 is 8.42 Å². The van der Waals surface area contributed by atoms with Crippen LogP contribution in [0.4, 0.5) is 0 Å². The molecule has 1 aromatic carbocycles. The zero-order valence-corrected chi connectivity index (χ0v) is 13.8. The van der Waals surface area contributed by atoms with Gasteiger partial charge in [-0.05, 0) is 48.9 Å². The number of nitrogens with zero attached hydrogens (tertiary/aromatic N) is 1. The van der Waals surface area contributed by atoms with Gasteiger partial charge in [0.1, 0.15) is 0 Å². The molecule has 21 heavy (non-hydrogen) atoms. The van der Waals surface area contributed by atoms with Crippen LogP contribution < -0.4 is 5.32 Å². The summed E-state index contributed by atoms with van der Waals surface area (Å²) in [5.74, 6) is 0. The maximum Gasteiger partial charge on any atom is 0.211 e. The second-order valence-corrected chi connectivity index (χ2v) is 8.38. The van der Waals surface area contributed by atoms with Crippen LogP contribution in [0.25, 0.3) is 0 Å². The van der Waals surface area contributed by atoms with E-state index in [1.165, 1.54) is 17.4 Å². The highest BCUT2D eigenvalue weighted by molar-refractivity contribution is 7.88. The molecule has 1 aliphatic carbocycles. The Morgan fingerprint density at radius 2 is 2.19 bits per heavy atom. The Balaban J connectivity index is 1.65. The lowest BCUT2D eigenvalue weighted by atomic mass is 10.1. The number of hydrogen-bond donors (Lipinski definition) is 1. The van der Waals surface area contributed by atoms with Crippen molar-refractivity contribution in [2.24, 2.45) is 0 Å². The molecule has 1 heterocycles. The van der Waals surface area contributed by atoms with Crippen LogP contribution in [-0.2, 0) is 16.4 Å². The van der Waals surface area contributed by atoms with Crippen molar-refractivity contribution in [1.29, 1.82) is 0 Å². The van der Waals surface area contributed by atoms with Crippen LogP contribution in [0.5, 0.6) is 0 Å². The second kappa shape index (κ2) is 5.88. The summed E-state index contributed by atoms with van der Waals surface area (Å²) >= 11 is 6.03. The molecule has 0 radical (unpaired) electrons. The first-order chi connectivity index (χ1) is 9.95. The van der Waals surface area contributed by atoms with Crippen LogP contribution in [0.2, 0.25) is 5.02 Å². The van der Waals surface area contributed by atoms with Gasteiger partial charge in [-0.2, -0.15) is 4.31 Å². The number of nitrogens with one attached hydrogen (secondary N) is 1. The van der Waals surface area contributed by atoms with Gasteiger partial charge in [0.05, 0.1) is 6.26 Å². The summed E-state index contributed by atoms with van der Waals surface area (Å²) in [7, 11) is -3.09. The lowest BCUT2D eigenvalue weighted by Crippen LogP contribution is -2.41. The smallest absolute Gasteiger partial charge is 0.211 e. The molecule has 0 spiro atoms. The highest BCUT2D eigenvalue weighted by atomic mass is 35.5. The van der Waals surface area contributed by atoms with Gasteiger partial charge in [0, 0.05) is 30.2 Å². The maximum atomic E-state index is 11.8. The Morgan fingerprint density at radius 1 is 1.38 bits per heavy atom. The molecular formula is C15H21ClN2O2S. The minimum absolute atomic E-state index is 0.0938. The summed E-state index contributed by atoms with van der Waals surface area (Å²) in [5, 5.41) is 4.34. The summed E-state index contributed by atoms with van der Waals surface area (Å²) in [6.45, 7) is 1.38. The van der Waals surface area contributed by atoms with Crippen LogP contribution in [-0.4, -0.2) is 38.1 Å². The molecule has 3 rings (SSSR count). The molecule has 1 fully saturated rings. The van der Waals surface area contributed by atoms with Gasteiger partial charge in [0.15, 0.2) is 0 Å². The lowest BCUT2D eigenvalue weighted by Gasteiger charge is -2.24. The Bertz CT molecular complexity index is 633. The number of fused-ring (bicyclic) bond motifs is 1. The average Bonchev–Trinajstić information content (AvgIpc) is 3.01. The zero-order chi connectivity index (χ0) is 15.0. The highest BCUT2D eigenvalue weighted by Crippen LogP contribution is 2.33. The first kappa shape index (κ1) is 15.3. The zero-order valence-electron chi connectivity index (χ0n) is 12.2. The molecule has 0 saturated carbocycles. The molecule has 6 heteroatoms. The van der Waals surface area contributed by atoms with Gasteiger partial charge >= 0.3 is 0 Å². The van der Waals surface area contributed by atoms with E-state index in [0.29, 0.717) is 12.6 Å². The fourth-order valence-electron chi connectivity index (χ4n) is 3.53. The van der Waals surface area contributed by atoms with E-state index in [1.54, 1.807) is 4.31 Å². The highest BCUT2D eigenvalue weighted by Gasteiger charge is 2.32. The molecule has 1 aromatic rings. The Hall–Kier alpha value is -0.620. The minimum Gasteiger partial charge on any atom is -0.308 e. The Morgan fingerprint density at radius 3 is 2.95 bits per heavy atom. The van der Waals surface area contributed by atoms with Gasteiger partial charge in [-0.25, -0.2) is 8.42 Å². The van der Waals surface area contributed by atoms with Crippen LogP contribution in [0.15, 0.2) is 18.2 Å². The van der Waals surface area contributed by atoms with Crippen molar-refractivity contribution in [3.8, 4) is 0 Å². The van der Waals surface area contributed by atoms with E-state index in [4.69, 9.17) is 11.6 Å². The normalized spacial score (nSPS) is 26.2. The molecule has 0 unspecified atom stereocenters. The van der Waals surface area contributed by atoms with Crippen molar-refractivity contribution in [2.75, 3.05) is 19.3 Å². The molecule has 1 saturated heterocycles. The quantitative estimate of drug-likeness (QED) is 0.923. The van der Waals surface area contributed by atoms with E-state index in [9.17, 15) is 8.42 Å². The van der Waals surface area contributed by atoms with Crippen LogP contribution in [0.3, 0.4) is 0 Å². The standard InChI is InChI=1S/C15H21ClN2O2S/c1-21(19,20)18-8-2-3-13(18)10-17-15-7-4-11-9-12(16)5-6-14(11)15/h5-6,9,13,15,17H,2-4,7-8,10H2,1H3/t13-,15-/m1/s1. The molecule has 0 aromatic heterocycles. The largest absolute Gasteiger partial charge is 0.308 e. The predicted molar refractivity (Wildman–Crippen MR) is 85.1 cm³/mol. The molecular weight excluding hydrogens is 308 g/mol. The van der Waals surface area contributed by atoms with Crippen molar-refractivity contribution in [1.82, 2.24) is 9.62 Å². The second-order valence-electron chi connectivity index (χ2n) is 6.01. The minimum atomic E-state index is -3.09. The van der Waals surface area contributed by atoms with Gasteiger partial charge in [0.2, 0.25) is 10.0 Å². The van der Waals surface area contributed by atoms with Crippen LogP contribution in [0.1, 0.15) is 36.4 Å². The van der Waals surface area contributed by atoms with E-state index < -0.39 is 10.0 Å². The van der Waals surface area contributed by atoms with E-state index >= 15 is 0 Å². The summed E-state index contributed by atoms with van der Waals surface area (Å²) in [6.07, 6.45) is 5.30. The fourth-order valence-corrected chi connectivity index (χ4v) is 4.90. The summed E-state index contributed by atoms with van der Waals surface area (Å²) in [6, 6.07) is 6.47. The van der Waals surface area contributed by atoms with Gasteiger partial charge in [0.25, 0.3) is 0 Å². The number of rotatable bonds is 4. The molecule has 116 valence electrons. The predicted octanol–water partition coefficient (Wildman–Crippen LogP) is 2.34. The lowest BCUT2D eigenvalue weighted by molar-refractivity contribution is 0.358. The molecule has 1 N–H and O–H groups in total. The van der Waals surface area contributed by atoms with Gasteiger partial charge in [-0.1, -0.05) is 17.7 Å². The van der Waals surface area contributed by atoms with Crippen molar-refractivity contribution in [2.45, 2.75) is 37.8 Å².